The molecule has 0 heterocycles. The number of rotatable bonds is 1. The highest BCUT2D eigenvalue weighted by atomic mass is 35.5. The SMILES string of the molecule is Cl.F.F.F.F.O=[N+]([O-])c1ccc(S)cc1. The smallest absolute Gasteiger partial charge is 0.269 e. The lowest BCUT2D eigenvalue weighted by Crippen LogP contribution is -1.85. The van der Waals surface area contributed by atoms with E-state index in [0.29, 0.717) is 0 Å². The van der Waals surface area contributed by atoms with Gasteiger partial charge in [0.2, 0.25) is 0 Å². The molecule has 1 aromatic carbocycles. The maximum absolute atomic E-state index is 10.1. The summed E-state index contributed by atoms with van der Waals surface area (Å²) >= 11 is 3.98. The van der Waals surface area contributed by atoms with E-state index in [9.17, 15) is 10.1 Å². The highest BCUT2D eigenvalue weighted by molar-refractivity contribution is 7.80. The molecule has 0 aliphatic heterocycles. The van der Waals surface area contributed by atoms with Crippen LogP contribution in [0, 0.1) is 10.1 Å². The zero-order valence-electron chi connectivity index (χ0n) is 7.06. The van der Waals surface area contributed by atoms with E-state index in [-0.39, 0.29) is 36.9 Å². The van der Waals surface area contributed by atoms with Crippen molar-refractivity contribution in [3.63, 3.8) is 0 Å². The summed E-state index contributed by atoms with van der Waals surface area (Å²) in [6.07, 6.45) is 0. The van der Waals surface area contributed by atoms with Gasteiger partial charge < -0.3 is 0 Å². The van der Waals surface area contributed by atoms with Crippen LogP contribution >= 0.6 is 25.0 Å². The Kier molecular flexibility index (Phi) is 25.3. The number of benzene rings is 1. The molecule has 1 rings (SSSR count). The van der Waals surface area contributed by atoms with Crippen molar-refractivity contribution in [2.75, 3.05) is 0 Å². The molecule has 0 saturated heterocycles. The Morgan fingerprint density at radius 3 is 1.60 bits per heavy atom. The van der Waals surface area contributed by atoms with Gasteiger partial charge in [-0.05, 0) is 12.1 Å². The number of nitro groups is 1. The van der Waals surface area contributed by atoms with Crippen LogP contribution in [0.4, 0.5) is 24.5 Å². The molecule has 0 aliphatic carbocycles. The molecule has 0 bridgehead atoms. The van der Waals surface area contributed by atoms with E-state index in [4.69, 9.17) is 0 Å². The number of non-ortho nitro benzene ring substituents is 1. The summed E-state index contributed by atoms with van der Waals surface area (Å²) in [5.41, 5.74) is 0.0952. The number of hydrogen-bond donors (Lipinski definition) is 1. The van der Waals surface area contributed by atoms with Crippen LogP contribution in [0.1, 0.15) is 0 Å². The van der Waals surface area contributed by atoms with Gasteiger partial charge in [-0.2, -0.15) is 0 Å². The molecule has 0 amide bonds. The summed E-state index contributed by atoms with van der Waals surface area (Å²) in [6, 6.07) is 6.01. The highest BCUT2D eigenvalue weighted by Crippen LogP contribution is 2.13. The second kappa shape index (κ2) is 13.0. The van der Waals surface area contributed by atoms with E-state index in [2.05, 4.69) is 12.6 Å². The number of thiol groups is 1. The zero-order chi connectivity index (χ0) is 7.56. The third-order valence-corrected chi connectivity index (χ3v) is 1.36. The summed E-state index contributed by atoms with van der Waals surface area (Å²) in [6.45, 7) is 0. The van der Waals surface area contributed by atoms with Gasteiger partial charge in [-0.25, -0.2) is 0 Å². The first-order valence-electron chi connectivity index (χ1n) is 2.63. The largest absolute Gasteiger partial charge is 0.269 e. The lowest BCUT2D eigenvalue weighted by Gasteiger charge is -1.89. The molecule has 0 aliphatic rings. The van der Waals surface area contributed by atoms with Gasteiger partial charge in [-0.1, -0.05) is 0 Å². The van der Waals surface area contributed by atoms with Gasteiger partial charge in [-0.15, -0.1) is 25.0 Å². The lowest BCUT2D eigenvalue weighted by molar-refractivity contribution is -0.384. The van der Waals surface area contributed by atoms with Crippen LogP contribution in [0.5, 0.6) is 0 Å². The van der Waals surface area contributed by atoms with Crippen molar-refractivity contribution in [2.45, 2.75) is 4.90 Å². The van der Waals surface area contributed by atoms with Crippen molar-refractivity contribution >= 4 is 30.7 Å². The van der Waals surface area contributed by atoms with Crippen LogP contribution in [0.2, 0.25) is 0 Å². The van der Waals surface area contributed by atoms with Crippen LogP contribution in [0.25, 0.3) is 0 Å². The van der Waals surface area contributed by atoms with Crippen LogP contribution in [0.15, 0.2) is 29.2 Å². The Morgan fingerprint density at radius 1 is 1.00 bits per heavy atom. The molecule has 0 spiro atoms. The number of halogens is 5. The molecule has 9 heteroatoms. The van der Waals surface area contributed by atoms with Crippen molar-refractivity contribution < 1.29 is 23.7 Å². The molecule has 15 heavy (non-hydrogen) atoms. The van der Waals surface area contributed by atoms with Crippen molar-refractivity contribution in [1.82, 2.24) is 0 Å². The first-order chi connectivity index (χ1) is 4.70. The van der Waals surface area contributed by atoms with Crippen molar-refractivity contribution in [3.05, 3.63) is 34.4 Å². The molecular weight excluding hydrogens is 262 g/mol. The molecule has 0 radical (unpaired) electrons. The monoisotopic (exact) mass is 271 g/mol. The highest BCUT2D eigenvalue weighted by Gasteiger charge is 2.00. The Bertz CT molecular complexity index is 262. The minimum Gasteiger partial charge on any atom is -0.269 e. The maximum atomic E-state index is 10.1. The van der Waals surface area contributed by atoms with Gasteiger partial charge in [0.1, 0.15) is 0 Å². The minimum atomic E-state index is -0.437. The standard InChI is InChI=1S/C6H5NO2S.ClH.4FH/c8-7(9)5-1-3-6(10)4-2-5;;;;;/h1-4,10H;5*1H. The van der Waals surface area contributed by atoms with Crippen LogP contribution < -0.4 is 0 Å². The Labute approximate surface area is 94.3 Å². The molecule has 0 fully saturated rings. The van der Waals surface area contributed by atoms with Crippen molar-refractivity contribution in [2.24, 2.45) is 0 Å². The second-order valence-corrected chi connectivity index (χ2v) is 2.29. The Balaban J connectivity index is -0.0000000667. The van der Waals surface area contributed by atoms with Crippen LogP contribution in [0.3, 0.4) is 0 Å². The summed E-state index contributed by atoms with van der Waals surface area (Å²) in [5, 5.41) is 10.1. The molecule has 1 aromatic rings. The zero-order valence-corrected chi connectivity index (χ0v) is 8.77. The van der Waals surface area contributed by atoms with Crippen LogP contribution in [-0.2, 0) is 0 Å². The molecule has 92 valence electrons. The predicted molar refractivity (Wildman–Crippen MR) is 57.6 cm³/mol. The van der Waals surface area contributed by atoms with Crippen molar-refractivity contribution in [3.8, 4) is 0 Å². The van der Waals surface area contributed by atoms with E-state index < -0.39 is 4.92 Å². The Hall–Kier alpha value is -1.02. The minimum absolute atomic E-state index is 0. The van der Waals surface area contributed by atoms with Gasteiger partial charge >= 0.3 is 0 Å². The number of nitro benzene ring substituents is 1. The predicted octanol–water partition coefficient (Wildman–Crippen LogP) is 2.92. The van der Waals surface area contributed by atoms with E-state index in [1.165, 1.54) is 12.1 Å². The third kappa shape index (κ3) is 9.29. The van der Waals surface area contributed by atoms with Gasteiger partial charge in [0.25, 0.3) is 5.69 Å². The average molecular weight is 272 g/mol. The summed E-state index contributed by atoms with van der Waals surface area (Å²) in [7, 11) is 0. The van der Waals surface area contributed by atoms with Gasteiger partial charge in [0, 0.05) is 17.0 Å². The maximum Gasteiger partial charge on any atom is 0.269 e. The molecule has 0 aromatic heterocycles. The van der Waals surface area contributed by atoms with Crippen LogP contribution in [-0.4, -0.2) is 4.92 Å². The quantitative estimate of drug-likeness (QED) is 0.369. The third-order valence-electron chi connectivity index (χ3n) is 1.06. The fraction of sp³-hybridized carbons (Fsp3) is 0. The van der Waals surface area contributed by atoms with Gasteiger partial charge in [0.15, 0.2) is 0 Å². The first kappa shape index (κ1) is 29.2. The molecule has 0 unspecified atom stereocenters. The van der Waals surface area contributed by atoms with E-state index >= 15 is 0 Å². The lowest BCUT2D eigenvalue weighted by atomic mass is 10.3. The average Bonchev–Trinajstić information content (AvgIpc) is 1.88. The molecule has 3 nitrogen and oxygen atoms in total. The molecule has 0 N–H and O–H groups in total. The molecule has 0 atom stereocenters. The molecular formula is C6H10ClF4NO2S. The number of nitrogens with zero attached hydrogens (tertiary/aromatic N) is 1. The summed E-state index contributed by atoms with van der Waals surface area (Å²) < 4.78 is 0. The fourth-order valence-electron chi connectivity index (χ4n) is 0.574. The second-order valence-electron chi connectivity index (χ2n) is 1.77. The van der Waals surface area contributed by atoms with Gasteiger partial charge in [-0.3, -0.25) is 28.9 Å². The topological polar surface area (TPSA) is 43.1 Å². The molecule has 0 saturated carbocycles. The summed E-state index contributed by atoms with van der Waals surface area (Å²) in [4.78, 5) is 10.4. The van der Waals surface area contributed by atoms with E-state index in [1.807, 2.05) is 0 Å². The number of hydrogen-bond acceptors (Lipinski definition) is 3. The van der Waals surface area contributed by atoms with E-state index in [0.717, 1.165) is 4.90 Å². The van der Waals surface area contributed by atoms with Gasteiger partial charge in [0.05, 0.1) is 4.92 Å². The van der Waals surface area contributed by atoms with Crippen molar-refractivity contribution in [1.29, 1.82) is 0 Å². The normalized spacial score (nSPS) is 6.20. The van der Waals surface area contributed by atoms with E-state index in [1.54, 1.807) is 12.1 Å². The summed E-state index contributed by atoms with van der Waals surface area (Å²) in [5.74, 6) is 0. The fourth-order valence-corrected chi connectivity index (χ4v) is 0.723. The Morgan fingerprint density at radius 2 is 1.33 bits per heavy atom. The first-order valence-corrected chi connectivity index (χ1v) is 3.08.